The summed E-state index contributed by atoms with van der Waals surface area (Å²) in [5.41, 5.74) is 4.15. The van der Waals surface area contributed by atoms with Gasteiger partial charge in [0.1, 0.15) is 30.1 Å². The quantitative estimate of drug-likeness (QED) is 0.548. The molecule has 1 aromatic carbocycles. The van der Waals surface area contributed by atoms with Gasteiger partial charge < -0.3 is 19.7 Å². The number of benzene rings is 1. The molecule has 3 saturated heterocycles. The average Bonchev–Trinajstić information content (AvgIpc) is 3.54. The van der Waals surface area contributed by atoms with Crippen LogP contribution in [0.1, 0.15) is 76.2 Å². The lowest BCUT2D eigenvalue weighted by atomic mass is 9.94. The number of hydrogen-bond acceptors (Lipinski definition) is 9. The van der Waals surface area contributed by atoms with E-state index in [0.29, 0.717) is 59.8 Å². The molecule has 0 saturated carbocycles. The van der Waals surface area contributed by atoms with Crippen LogP contribution < -0.4 is 4.74 Å². The second kappa shape index (κ2) is 9.37. The molecule has 4 aliphatic heterocycles. The van der Waals surface area contributed by atoms with Crippen LogP contribution in [-0.4, -0.2) is 75.3 Å². The number of esters is 1. The Labute approximate surface area is 216 Å². The van der Waals surface area contributed by atoms with Crippen molar-refractivity contribution >= 4 is 5.97 Å². The molecule has 37 heavy (non-hydrogen) atoms. The van der Waals surface area contributed by atoms with Crippen molar-refractivity contribution in [3.63, 3.8) is 0 Å². The van der Waals surface area contributed by atoms with Crippen molar-refractivity contribution in [2.45, 2.75) is 75.6 Å². The number of fused-ring (bicyclic) bond motifs is 7. The number of carbonyl (C=O) groups is 1. The fraction of sp³-hybridized carbons (Fsp3) is 0.536. The number of ether oxygens (including phenoxy) is 2. The van der Waals surface area contributed by atoms with Gasteiger partial charge in [0.2, 0.25) is 0 Å². The normalized spacial score (nSPS) is 28.0. The molecule has 1 aromatic heterocycles. The number of piperazine rings is 1. The molecule has 2 aromatic rings. The number of aliphatic hydroxyl groups excluding tert-OH is 2. The summed E-state index contributed by atoms with van der Waals surface area (Å²) < 4.78 is 10.5. The number of aliphatic hydroxyl groups is 2. The van der Waals surface area contributed by atoms with Crippen LogP contribution in [0.4, 0.5) is 0 Å². The van der Waals surface area contributed by atoms with Gasteiger partial charge in [0.15, 0.2) is 0 Å². The molecular weight excluding hydrogens is 472 g/mol. The Hall–Kier alpha value is -3.03. The zero-order chi connectivity index (χ0) is 25.8. The standard InChI is InChI=1S/C28H32N4O5/c1-15-17(3-4-18-19(15)14-37-28(18)35)25(33)12-31-21-5-6-22(31)24-8-7-23(21)32(24)13-26(34)20-9-27(36-2)16(10-29)11-30-20/h3-4,9,11,21-26,33-34H,5-8,12-14H2,1-2H3. The maximum Gasteiger partial charge on any atom is 0.338 e. The van der Waals surface area contributed by atoms with E-state index in [0.717, 1.165) is 42.4 Å². The molecule has 9 nitrogen and oxygen atoms in total. The lowest BCUT2D eigenvalue weighted by Gasteiger charge is -2.48. The highest BCUT2D eigenvalue weighted by Crippen LogP contribution is 2.47. The molecule has 0 amide bonds. The van der Waals surface area contributed by atoms with Crippen molar-refractivity contribution in [2.24, 2.45) is 0 Å². The Kier molecular flexibility index (Phi) is 6.16. The number of hydrogen-bond donors (Lipinski definition) is 2. The molecule has 4 aliphatic rings. The molecule has 6 atom stereocenters. The third kappa shape index (κ3) is 3.91. The van der Waals surface area contributed by atoms with Gasteiger partial charge in [0.25, 0.3) is 0 Å². The first-order chi connectivity index (χ1) is 17.9. The summed E-state index contributed by atoms with van der Waals surface area (Å²) in [6.45, 7) is 3.28. The number of aromatic nitrogens is 1. The lowest BCUT2D eigenvalue weighted by molar-refractivity contribution is -0.0341. The topological polar surface area (TPSA) is 119 Å². The second-order valence-electron chi connectivity index (χ2n) is 10.7. The molecule has 0 aliphatic carbocycles. The van der Waals surface area contributed by atoms with E-state index in [9.17, 15) is 20.3 Å². The first-order valence-electron chi connectivity index (χ1n) is 13.0. The molecule has 6 unspecified atom stereocenters. The fourth-order valence-electron chi connectivity index (χ4n) is 7.24. The molecule has 9 heteroatoms. The van der Waals surface area contributed by atoms with Crippen LogP contribution in [0.5, 0.6) is 5.75 Å². The van der Waals surface area contributed by atoms with Crippen molar-refractivity contribution in [2.75, 3.05) is 20.2 Å². The fourth-order valence-corrected chi connectivity index (χ4v) is 7.24. The summed E-state index contributed by atoms with van der Waals surface area (Å²) in [6, 6.07) is 8.65. The molecule has 4 bridgehead atoms. The zero-order valence-electron chi connectivity index (χ0n) is 21.1. The zero-order valence-corrected chi connectivity index (χ0v) is 21.1. The van der Waals surface area contributed by atoms with E-state index in [1.165, 1.54) is 13.3 Å². The van der Waals surface area contributed by atoms with Gasteiger partial charge in [-0.15, -0.1) is 0 Å². The minimum atomic E-state index is -0.778. The van der Waals surface area contributed by atoms with Crippen molar-refractivity contribution in [1.29, 1.82) is 5.26 Å². The smallest absolute Gasteiger partial charge is 0.338 e. The number of nitriles is 1. The molecule has 0 spiro atoms. The highest BCUT2D eigenvalue weighted by molar-refractivity contribution is 5.93. The van der Waals surface area contributed by atoms with Crippen molar-refractivity contribution < 1.29 is 24.5 Å². The second-order valence-corrected chi connectivity index (χ2v) is 10.7. The van der Waals surface area contributed by atoms with E-state index in [2.05, 4.69) is 20.9 Å². The first kappa shape index (κ1) is 24.3. The molecule has 2 N–H and O–H groups in total. The number of cyclic esters (lactones) is 1. The van der Waals surface area contributed by atoms with Crippen LogP contribution in [0.25, 0.3) is 0 Å². The van der Waals surface area contributed by atoms with Crippen LogP contribution in [0.3, 0.4) is 0 Å². The summed E-state index contributed by atoms with van der Waals surface area (Å²) in [5.74, 6) is 0.132. The molecule has 5 heterocycles. The van der Waals surface area contributed by atoms with Gasteiger partial charge >= 0.3 is 5.97 Å². The number of rotatable bonds is 7. The van der Waals surface area contributed by atoms with Crippen LogP contribution in [-0.2, 0) is 11.3 Å². The molecule has 194 valence electrons. The van der Waals surface area contributed by atoms with E-state index in [4.69, 9.17) is 9.47 Å². The highest BCUT2D eigenvalue weighted by Gasteiger charge is 2.55. The predicted molar refractivity (Wildman–Crippen MR) is 133 cm³/mol. The van der Waals surface area contributed by atoms with Crippen molar-refractivity contribution in [1.82, 2.24) is 14.8 Å². The summed E-state index contributed by atoms with van der Waals surface area (Å²) >= 11 is 0. The Bertz CT molecular complexity index is 1260. The van der Waals surface area contributed by atoms with Crippen molar-refractivity contribution in [3.8, 4) is 11.8 Å². The number of carbonyl (C=O) groups excluding carboxylic acids is 1. The third-order valence-electron chi connectivity index (χ3n) is 9.01. The Morgan fingerprint density at radius 3 is 2.32 bits per heavy atom. The van der Waals surface area contributed by atoms with E-state index >= 15 is 0 Å². The largest absolute Gasteiger partial charge is 0.495 e. The summed E-state index contributed by atoms with van der Waals surface area (Å²) in [7, 11) is 1.51. The van der Waals surface area contributed by atoms with E-state index in [1.807, 2.05) is 13.0 Å². The van der Waals surface area contributed by atoms with E-state index in [-0.39, 0.29) is 12.6 Å². The Morgan fingerprint density at radius 1 is 1.11 bits per heavy atom. The summed E-state index contributed by atoms with van der Waals surface area (Å²) in [6.07, 6.45) is 4.35. The minimum Gasteiger partial charge on any atom is -0.495 e. The van der Waals surface area contributed by atoms with Gasteiger partial charge in [0.05, 0.1) is 24.5 Å². The summed E-state index contributed by atoms with van der Waals surface area (Å²) in [4.78, 5) is 21.2. The van der Waals surface area contributed by atoms with Crippen LogP contribution in [0.2, 0.25) is 0 Å². The Balaban J connectivity index is 1.18. The van der Waals surface area contributed by atoms with Crippen LogP contribution in [0, 0.1) is 18.3 Å². The highest BCUT2D eigenvalue weighted by atomic mass is 16.5. The van der Waals surface area contributed by atoms with Crippen LogP contribution in [0.15, 0.2) is 24.4 Å². The van der Waals surface area contributed by atoms with Gasteiger partial charge in [-0.25, -0.2) is 4.79 Å². The molecule has 6 rings (SSSR count). The van der Waals surface area contributed by atoms with E-state index in [1.54, 1.807) is 12.1 Å². The SMILES string of the molecule is COc1cc(C(O)CN2C3CCC2C2CCC3N2CC(O)c2ccc3c(c2C)COC3=O)ncc1C#N. The number of pyridine rings is 1. The van der Waals surface area contributed by atoms with Gasteiger partial charge in [-0.05, 0) is 49.8 Å². The van der Waals surface area contributed by atoms with Crippen molar-refractivity contribution in [3.05, 3.63) is 57.9 Å². The third-order valence-corrected chi connectivity index (χ3v) is 9.01. The predicted octanol–water partition coefficient (Wildman–Crippen LogP) is 2.39. The maximum atomic E-state index is 11.9. The van der Waals surface area contributed by atoms with Crippen LogP contribution >= 0.6 is 0 Å². The molecule has 3 fully saturated rings. The Morgan fingerprint density at radius 2 is 1.73 bits per heavy atom. The first-order valence-corrected chi connectivity index (χ1v) is 13.0. The summed E-state index contributed by atoms with van der Waals surface area (Å²) in [5, 5.41) is 31.6. The lowest BCUT2D eigenvalue weighted by Crippen LogP contribution is -2.61. The van der Waals surface area contributed by atoms with Gasteiger partial charge in [-0.3, -0.25) is 14.8 Å². The maximum absolute atomic E-state index is 11.9. The van der Waals surface area contributed by atoms with Gasteiger partial charge in [0, 0.05) is 55.1 Å². The average molecular weight is 505 g/mol. The van der Waals surface area contributed by atoms with E-state index < -0.39 is 12.2 Å². The number of nitrogens with zero attached hydrogens (tertiary/aromatic N) is 4. The molecule has 0 radical (unpaired) electrons. The monoisotopic (exact) mass is 504 g/mol. The number of methoxy groups -OCH3 is 1. The molecular formula is C28H32N4O5. The van der Waals surface area contributed by atoms with Gasteiger partial charge in [-0.2, -0.15) is 5.26 Å². The van der Waals surface area contributed by atoms with Gasteiger partial charge in [-0.1, -0.05) is 6.07 Å². The minimum absolute atomic E-state index is 0.275.